The highest BCUT2D eigenvalue weighted by Crippen LogP contribution is 2.27. The summed E-state index contributed by atoms with van der Waals surface area (Å²) in [6.07, 6.45) is 11.1. The summed E-state index contributed by atoms with van der Waals surface area (Å²) in [7, 11) is 0. The van der Waals surface area contributed by atoms with Gasteiger partial charge in [-0.05, 0) is 43.7 Å². The lowest BCUT2D eigenvalue weighted by Crippen LogP contribution is -2.46. The summed E-state index contributed by atoms with van der Waals surface area (Å²) in [5.74, 6) is 1.75. The molecule has 166 valence electrons. The molecular weight excluding hydrogens is 400 g/mol. The van der Waals surface area contributed by atoms with Crippen LogP contribution in [0.4, 0.5) is 0 Å². The third-order valence-corrected chi connectivity index (χ3v) is 6.66. The van der Waals surface area contributed by atoms with E-state index in [0.29, 0.717) is 36.6 Å². The molecule has 1 heterocycles. The SMILES string of the molecule is O=C(CCC1CCCCC1)NC1CCN(C(=O)CCCOc2ccccc2Cl)CC1. The first kappa shape index (κ1) is 22.9. The summed E-state index contributed by atoms with van der Waals surface area (Å²) in [6.45, 7) is 1.92. The van der Waals surface area contributed by atoms with Gasteiger partial charge in [-0.3, -0.25) is 9.59 Å². The third kappa shape index (κ3) is 7.50. The van der Waals surface area contributed by atoms with Crippen LogP contribution in [-0.4, -0.2) is 42.5 Å². The summed E-state index contributed by atoms with van der Waals surface area (Å²) >= 11 is 6.07. The summed E-state index contributed by atoms with van der Waals surface area (Å²) in [5, 5.41) is 3.77. The zero-order chi connectivity index (χ0) is 21.2. The number of halogens is 1. The van der Waals surface area contributed by atoms with Gasteiger partial charge in [0.1, 0.15) is 5.75 Å². The van der Waals surface area contributed by atoms with Gasteiger partial charge in [0.2, 0.25) is 11.8 Å². The number of carbonyl (C=O) groups is 2. The Balaban J connectivity index is 1.26. The molecule has 0 atom stereocenters. The van der Waals surface area contributed by atoms with Crippen molar-refractivity contribution in [3.63, 3.8) is 0 Å². The molecule has 1 N–H and O–H groups in total. The Bertz CT molecular complexity index is 683. The minimum atomic E-state index is 0.167. The van der Waals surface area contributed by atoms with Crippen LogP contribution in [0.3, 0.4) is 0 Å². The van der Waals surface area contributed by atoms with Crippen LogP contribution < -0.4 is 10.1 Å². The fraction of sp³-hybridized carbons (Fsp3) is 0.667. The van der Waals surface area contributed by atoms with E-state index in [2.05, 4.69) is 5.32 Å². The number of ether oxygens (including phenoxy) is 1. The fourth-order valence-corrected chi connectivity index (χ4v) is 4.70. The Kier molecular flexibility index (Phi) is 9.31. The van der Waals surface area contributed by atoms with Crippen LogP contribution >= 0.6 is 11.6 Å². The molecule has 30 heavy (non-hydrogen) atoms. The first-order chi connectivity index (χ1) is 14.6. The maximum absolute atomic E-state index is 12.4. The van der Waals surface area contributed by atoms with Gasteiger partial charge < -0.3 is 15.0 Å². The number of piperidine rings is 1. The van der Waals surface area contributed by atoms with E-state index in [1.54, 1.807) is 6.07 Å². The van der Waals surface area contributed by atoms with Gasteiger partial charge >= 0.3 is 0 Å². The van der Waals surface area contributed by atoms with Gasteiger partial charge in [0, 0.05) is 32.0 Å². The number of benzene rings is 1. The third-order valence-electron chi connectivity index (χ3n) is 6.35. The topological polar surface area (TPSA) is 58.6 Å². The largest absolute Gasteiger partial charge is 0.492 e. The molecule has 2 amide bonds. The first-order valence-electron chi connectivity index (χ1n) is 11.6. The molecule has 1 aliphatic carbocycles. The Morgan fingerprint density at radius 1 is 1.03 bits per heavy atom. The van der Waals surface area contributed by atoms with E-state index in [1.165, 1.54) is 32.1 Å². The molecule has 0 bridgehead atoms. The van der Waals surface area contributed by atoms with Gasteiger partial charge in [-0.15, -0.1) is 0 Å². The minimum Gasteiger partial charge on any atom is -0.492 e. The predicted molar refractivity (Wildman–Crippen MR) is 120 cm³/mol. The molecule has 0 spiro atoms. The molecule has 6 heteroatoms. The van der Waals surface area contributed by atoms with Crippen molar-refractivity contribution in [3.8, 4) is 5.75 Å². The number of likely N-dealkylation sites (tertiary alicyclic amines) is 1. The molecule has 1 aromatic rings. The standard InChI is InChI=1S/C24H35ClN2O3/c25-21-9-4-5-10-22(21)30-18-6-11-24(29)27-16-14-20(15-17-27)26-23(28)13-12-19-7-2-1-3-8-19/h4-5,9-10,19-20H,1-3,6-8,11-18H2,(H,26,28). The maximum Gasteiger partial charge on any atom is 0.222 e. The molecule has 2 aliphatic rings. The molecule has 0 radical (unpaired) electrons. The van der Waals surface area contributed by atoms with Gasteiger partial charge in [0.25, 0.3) is 0 Å². The van der Waals surface area contributed by atoms with Crippen LogP contribution in [-0.2, 0) is 9.59 Å². The van der Waals surface area contributed by atoms with Crippen molar-refractivity contribution < 1.29 is 14.3 Å². The molecule has 2 fully saturated rings. The maximum atomic E-state index is 12.4. The molecule has 0 unspecified atom stereocenters. The van der Waals surface area contributed by atoms with Gasteiger partial charge in [0.05, 0.1) is 11.6 Å². The van der Waals surface area contributed by atoms with Crippen molar-refractivity contribution in [1.29, 1.82) is 0 Å². The molecule has 1 saturated heterocycles. The summed E-state index contributed by atoms with van der Waals surface area (Å²) in [5.41, 5.74) is 0. The van der Waals surface area contributed by atoms with E-state index in [0.717, 1.165) is 38.3 Å². The normalized spacial score (nSPS) is 18.2. The Hall–Kier alpha value is -1.75. The van der Waals surface area contributed by atoms with Gasteiger partial charge in [0.15, 0.2) is 0 Å². The lowest BCUT2D eigenvalue weighted by Gasteiger charge is -2.32. The van der Waals surface area contributed by atoms with E-state index < -0.39 is 0 Å². The Labute approximate surface area is 185 Å². The number of nitrogens with zero attached hydrogens (tertiary/aromatic N) is 1. The average molecular weight is 435 g/mol. The predicted octanol–water partition coefficient (Wildman–Crippen LogP) is 4.97. The second kappa shape index (κ2) is 12.2. The molecule has 3 rings (SSSR count). The van der Waals surface area contributed by atoms with Gasteiger partial charge in [-0.1, -0.05) is 55.8 Å². The van der Waals surface area contributed by atoms with Crippen LogP contribution in [0.15, 0.2) is 24.3 Å². The quantitative estimate of drug-likeness (QED) is 0.558. The van der Waals surface area contributed by atoms with Crippen molar-refractivity contribution in [2.75, 3.05) is 19.7 Å². The van der Waals surface area contributed by atoms with Crippen molar-refractivity contribution >= 4 is 23.4 Å². The summed E-state index contributed by atoms with van der Waals surface area (Å²) < 4.78 is 5.65. The van der Waals surface area contributed by atoms with Crippen molar-refractivity contribution in [1.82, 2.24) is 10.2 Å². The number of nitrogens with one attached hydrogen (secondary N) is 1. The first-order valence-corrected chi connectivity index (χ1v) is 11.9. The number of carbonyl (C=O) groups excluding carboxylic acids is 2. The van der Waals surface area contributed by atoms with E-state index >= 15 is 0 Å². The van der Waals surface area contributed by atoms with Crippen LogP contribution in [0, 0.1) is 5.92 Å². The molecular formula is C24H35ClN2O3. The van der Waals surface area contributed by atoms with Crippen molar-refractivity contribution in [2.24, 2.45) is 5.92 Å². The van der Waals surface area contributed by atoms with Crippen molar-refractivity contribution in [3.05, 3.63) is 29.3 Å². The summed E-state index contributed by atoms with van der Waals surface area (Å²) in [4.78, 5) is 26.6. The summed E-state index contributed by atoms with van der Waals surface area (Å²) in [6, 6.07) is 7.57. The average Bonchev–Trinajstić information content (AvgIpc) is 2.77. The number of amides is 2. The van der Waals surface area contributed by atoms with E-state index in [4.69, 9.17) is 16.3 Å². The Morgan fingerprint density at radius 3 is 2.50 bits per heavy atom. The van der Waals surface area contributed by atoms with E-state index in [1.807, 2.05) is 23.1 Å². The van der Waals surface area contributed by atoms with Crippen LogP contribution in [0.1, 0.15) is 70.6 Å². The van der Waals surface area contributed by atoms with Crippen LogP contribution in [0.5, 0.6) is 5.75 Å². The van der Waals surface area contributed by atoms with Crippen LogP contribution in [0.25, 0.3) is 0 Å². The molecule has 1 aromatic carbocycles. The second-order valence-electron chi connectivity index (χ2n) is 8.65. The van der Waals surface area contributed by atoms with E-state index in [-0.39, 0.29) is 17.9 Å². The molecule has 1 aliphatic heterocycles. The highest BCUT2D eigenvalue weighted by molar-refractivity contribution is 6.32. The van der Waals surface area contributed by atoms with Crippen molar-refractivity contribution in [2.45, 2.75) is 76.7 Å². The van der Waals surface area contributed by atoms with Gasteiger partial charge in [-0.2, -0.15) is 0 Å². The second-order valence-corrected chi connectivity index (χ2v) is 9.05. The molecule has 5 nitrogen and oxygen atoms in total. The Morgan fingerprint density at radius 2 is 1.77 bits per heavy atom. The number of para-hydroxylation sites is 1. The zero-order valence-corrected chi connectivity index (χ0v) is 18.7. The molecule has 0 aromatic heterocycles. The fourth-order valence-electron chi connectivity index (χ4n) is 4.51. The highest BCUT2D eigenvalue weighted by atomic mass is 35.5. The lowest BCUT2D eigenvalue weighted by molar-refractivity contribution is -0.132. The molecule has 1 saturated carbocycles. The van der Waals surface area contributed by atoms with E-state index in [9.17, 15) is 9.59 Å². The number of hydrogen-bond donors (Lipinski definition) is 1. The van der Waals surface area contributed by atoms with Gasteiger partial charge in [-0.25, -0.2) is 0 Å². The van der Waals surface area contributed by atoms with Crippen LogP contribution in [0.2, 0.25) is 5.02 Å². The highest BCUT2D eigenvalue weighted by Gasteiger charge is 2.24. The zero-order valence-electron chi connectivity index (χ0n) is 17.9. The number of hydrogen-bond acceptors (Lipinski definition) is 3. The monoisotopic (exact) mass is 434 g/mol. The number of rotatable bonds is 9. The lowest BCUT2D eigenvalue weighted by atomic mass is 9.86. The smallest absolute Gasteiger partial charge is 0.222 e. The minimum absolute atomic E-state index is 0.167.